The number of rotatable bonds is 7. The predicted octanol–water partition coefficient (Wildman–Crippen LogP) is 2.03. The molecule has 0 bridgehead atoms. The Morgan fingerprint density at radius 2 is 1.96 bits per heavy atom. The standard InChI is InChI=1S/C17H21N3O3/c1-17(2,16(22)23)8-9-18-15(21)10-13-11-19-20(12-13)14-6-4-3-5-7-14/h3-7,11-12H,8-10H2,1-2H3,(H,18,21)(H,22,23). The number of carboxylic acid groups (broad SMARTS) is 1. The van der Waals surface area contributed by atoms with Gasteiger partial charge in [0.25, 0.3) is 0 Å². The maximum Gasteiger partial charge on any atom is 0.309 e. The number of hydrogen-bond donors (Lipinski definition) is 2. The van der Waals surface area contributed by atoms with Crippen LogP contribution in [-0.2, 0) is 16.0 Å². The van der Waals surface area contributed by atoms with E-state index in [0.717, 1.165) is 11.3 Å². The van der Waals surface area contributed by atoms with E-state index >= 15 is 0 Å². The Balaban J connectivity index is 1.85. The predicted molar refractivity (Wildman–Crippen MR) is 86.3 cm³/mol. The van der Waals surface area contributed by atoms with Crippen LogP contribution in [-0.4, -0.2) is 33.3 Å². The second-order valence-corrected chi connectivity index (χ2v) is 6.09. The molecular weight excluding hydrogens is 294 g/mol. The van der Waals surface area contributed by atoms with Gasteiger partial charge in [0, 0.05) is 12.7 Å². The van der Waals surface area contributed by atoms with E-state index in [2.05, 4.69) is 10.4 Å². The third-order valence-corrected chi connectivity index (χ3v) is 3.67. The van der Waals surface area contributed by atoms with Crippen LogP contribution in [0, 0.1) is 5.41 Å². The Morgan fingerprint density at radius 1 is 1.26 bits per heavy atom. The second kappa shape index (κ2) is 7.09. The summed E-state index contributed by atoms with van der Waals surface area (Å²) in [6.07, 6.45) is 4.08. The van der Waals surface area contributed by atoms with Crippen LogP contribution in [0.3, 0.4) is 0 Å². The van der Waals surface area contributed by atoms with Gasteiger partial charge in [-0.1, -0.05) is 18.2 Å². The average Bonchev–Trinajstić information content (AvgIpc) is 2.96. The molecule has 1 heterocycles. The molecule has 0 aliphatic heterocycles. The van der Waals surface area contributed by atoms with Crippen molar-refractivity contribution in [2.45, 2.75) is 26.7 Å². The van der Waals surface area contributed by atoms with E-state index in [9.17, 15) is 9.59 Å². The van der Waals surface area contributed by atoms with Gasteiger partial charge >= 0.3 is 5.97 Å². The fourth-order valence-electron chi connectivity index (χ4n) is 2.04. The third kappa shape index (κ3) is 4.67. The zero-order valence-electron chi connectivity index (χ0n) is 13.3. The molecule has 6 heteroatoms. The molecule has 1 amide bonds. The summed E-state index contributed by atoms with van der Waals surface area (Å²) in [5, 5.41) is 16.0. The first-order valence-electron chi connectivity index (χ1n) is 7.47. The largest absolute Gasteiger partial charge is 0.481 e. The number of aliphatic carboxylic acids is 1. The van der Waals surface area contributed by atoms with E-state index in [0.29, 0.717) is 13.0 Å². The molecule has 6 nitrogen and oxygen atoms in total. The van der Waals surface area contributed by atoms with E-state index in [1.807, 2.05) is 36.5 Å². The number of hydrogen-bond acceptors (Lipinski definition) is 3. The Morgan fingerprint density at radius 3 is 2.61 bits per heavy atom. The lowest BCUT2D eigenvalue weighted by atomic mass is 9.90. The summed E-state index contributed by atoms with van der Waals surface area (Å²) in [6.45, 7) is 3.63. The molecule has 0 aliphatic rings. The van der Waals surface area contributed by atoms with Crippen LogP contribution in [0.1, 0.15) is 25.8 Å². The third-order valence-electron chi connectivity index (χ3n) is 3.67. The van der Waals surface area contributed by atoms with Crippen LogP contribution in [0.4, 0.5) is 0 Å². The highest BCUT2D eigenvalue weighted by Crippen LogP contribution is 2.19. The lowest BCUT2D eigenvalue weighted by Crippen LogP contribution is -2.32. The number of nitrogens with zero attached hydrogens (tertiary/aromatic N) is 2. The average molecular weight is 315 g/mol. The minimum atomic E-state index is -0.865. The Labute approximate surface area is 135 Å². The molecule has 0 saturated carbocycles. The Bertz CT molecular complexity index is 677. The van der Waals surface area contributed by atoms with Crippen molar-refractivity contribution in [2.24, 2.45) is 5.41 Å². The molecule has 0 radical (unpaired) electrons. The monoisotopic (exact) mass is 315 g/mol. The van der Waals surface area contributed by atoms with E-state index < -0.39 is 11.4 Å². The fourth-order valence-corrected chi connectivity index (χ4v) is 2.04. The van der Waals surface area contributed by atoms with Crippen molar-refractivity contribution in [1.29, 1.82) is 0 Å². The molecule has 0 atom stereocenters. The van der Waals surface area contributed by atoms with Crippen LogP contribution in [0.2, 0.25) is 0 Å². The van der Waals surface area contributed by atoms with Gasteiger partial charge in [-0.15, -0.1) is 0 Å². The number of aromatic nitrogens is 2. The zero-order chi connectivity index (χ0) is 16.9. The highest BCUT2D eigenvalue weighted by molar-refractivity contribution is 5.78. The van der Waals surface area contributed by atoms with E-state index in [4.69, 9.17) is 5.11 Å². The van der Waals surface area contributed by atoms with Crippen LogP contribution < -0.4 is 5.32 Å². The van der Waals surface area contributed by atoms with Gasteiger partial charge < -0.3 is 10.4 Å². The summed E-state index contributed by atoms with van der Waals surface area (Å²) in [6, 6.07) is 9.65. The van der Waals surface area contributed by atoms with Crippen molar-refractivity contribution in [3.8, 4) is 5.69 Å². The Kier molecular flexibility index (Phi) is 5.16. The summed E-state index contributed by atoms with van der Waals surface area (Å²) in [7, 11) is 0. The first-order valence-corrected chi connectivity index (χ1v) is 7.47. The fraction of sp³-hybridized carbons (Fsp3) is 0.353. The van der Waals surface area contributed by atoms with Crippen molar-refractivity contribution in [3.05, 3.63) is 48.3 Å². The molecule has 2 aromatic rings. The topological polar surface area (TPSA) is 84.2 Å². The lowest BCUT2D eigenvalue weighted by Gasteiger charge is -2.18. The highest BCUT2D eigenvalue weighted by Gasteiger charge is 2.26. The van der Waals surface area contributed by atoms with Gasteiger partial charge in [-0.2, -0.15) is 5.10 Å². The first kappa shape index (κ1) is 16.7. The molecule has 1 aromatic heterocycles. The van der Waals surface area contributed by atoms with Gasteiger partial charge in [0.05, 0.1) is 23.7 Å². The van der Waals surface area contributed by atoms with E-state index in [1.165, 1.54) is 0 Å². The summed E-state index contributed by atoms with van der Waals surface area (Å²) in [5.41, 5.74) is 0.900. The number of benzene rings is 1. The highest BCUT2D eigenvalue weighted by atomic mass is 16.4. The maximum atomic E-state index is 11.9. The quantitative estimate of drug-likeness (QED) is 0.819. The van der Waals surface area contributed by atoms with Gasteiger partial charge in [-0.3, -0.25) is 9.59 Å². The zero-order valence-corrected chi connectivity index (χ0v) is 13.3. The molecule has 0 saturated heterocycles. The van der Waals surface area contributed by atoms with Crippen LogP contribution in [0.5, 0.6) is 0 Å². The molecule has 0 spiro atoms. The number of nitrogens with one attached hydrogen (secondary N) is 1. The molecule has 122 valence electrons. The van der Waals surface area contributed by atoms with Crippen LogP contribution in [0.15, 0.2) is 42.7 Å². The molecular formula is C17H21N3O3. The van der Waals surface area contributed by atoms with Gasteiger partial charge in [-0.05, 0) is 38.0 Å². The molecule has 2 rings (SSSR count). The van der Waals surface area contributed by atoms with Crippen LogP contribution >= 0.6 is 0 Å². The number of amides is 1. The van der Waals surface area contributed by atoms with Gasteiger partial charge in [0.15, 0.2) is 0 Å². The summed E-state index contributed by atoms with van der Waals surface area (Å²) < 4.78 is 1.72. The molecule has 2 N–H and O–H groups in total. The number of para-hydroxylation sites is 1. The summed E-state index contributed by atoms with van der Waals surface area (Å²) in [4.78, 5) is 22.9. The van der Waals surface area contributed by atoms with Crippen molar-refractivity contribution >= 4 is 11.9 Å². The van der Waals surface area contributed by atoms with Gasteiger partial charge in [0.1, 0.15) is 0 Å². The van der Waals surface area contributed by atoms with Crippen LogP contribution in [0.25, 0.3) is 5.69 Å². The van der Waals surface area contributed by atoms with Gasteiger partial charge in [-0.25, -0.2) is 4.68 Å². The smallest absolute Gasteiger partial charge is 0.309 e. The van der Waals surface area contributed by atoms with Crippen molar-refractivity contribution in [1.82, 2.24) is 15.1 Å². The first-order chi connectivity index (χ1) is 10.9. The second-order valence-electron chi connectivity index (χ2n) is 6.09. The Hall–Kier alpha value is -2.63. The van der Waals surface area contributed by atoms with E-state index in [-0.39, 0.29) is 12.3 Å². The maximum absolute atomic E-state index is 11.9. The van der Waals surface area contributed by atoms with Gasteiger partial charge in [0.2, 0.25) is 5.91 Å². The van der Waals surface area contributed by atoms with Crippen molar-refractivity contribution < 1.29 is 14.7 Å². The number of carbonyl (C=O) groups is 2. The minimum Gasteiger partial charge on any atom is -0.481 e. The molecule has 23 heavy (non-hydrogen) atoms. The summed E-state index contributed by atoms with van der Waals surface area (Å²) >= 11 is 0. The van der Waals surface area contributed by atoms with E-state index in [1.54, 1.807) is 24.7 Å². The normalized spacial score (nSPS) is 11.2. The number of carboxylic acids is 1. The lowest BCUT2D eigenvalue weighted by molar-refractivity contribution is -0.147. The molecule has 1 aromatic carbocycles. The molecule has 0 fully saturated rings. The number of carbonyl (C=O) groups excluding carboxylic acids is 1. The van der Waals surface area contributed by atoms with Crippen molar-refractivity contribution in [3.63, 3.8) is 0 Å². The SMILES string of the molecule is CC(C)(CCNC(=O)Cc1cnn(-c2ccccc2)c1)C(=O)O. The minimum absolute atomic E-state index is 0.140. The molecule has 0 unspecified atom stereocenters. The molecule has 0 aliphatic carbocycles. The summed E-state index contributed by atoms with van der Waals surface area (Å²) in [5.74, 6) is -1.00. The van der Waals surface area contributed by atoms with Crippen molar-refractivity contribution in [2.75, 3.05) is 6.54 Å².